The van der Waals surface area contributed by atoms with Crippen LogP contribution in [0.3, 0.4) is 0 Å². The summed E-state index contributed by atoms with van der Waals surface area (Å²) >= 11 is 0. The van der Waals surface area contributed by atoms with E-state index in [1.807, 2.05) is 24.3 Å². The van der Waals surface area contributed by atoms with Crippen molar-refractivity contribution in [3.63, 3.8) is 0 Å². The SMILES string of the molecule is CCC/C=C(\CCC)c1ncc(-c2ccccc2C(=O)N(C)C)o1. The van der Waals surface area contributed by atoms with E-state index in [1.165, 1.54) is 0 Å². The second kappa shape index (κ2) is 8.48. The molecular weight excluding hydrogens is 300 g/mol. The number of unbranched alkanes of at least 4 members (excludes halogenated alkanes) is 1. The molecule has 2 rings (SSSR count). The molecule has 0 saturated carbocycles. The van der Waals surface area contributed by atoms with Crippen molar-refractivity contribution < 1.29 is 9.21 Å². The molecule has 24 heavy (non-hydrogen) atoms. The summed E-state index contributed by atoms with van der Waals surface area (Å²) < 4.78 is 6.00. The lowest BCUT2D eigenvalue weighted by Crippen LogP contribution is -2.22. The van der Waals surface area contributed by atoms with Gasteiger partial charge < -0.3 is 9.32 Å². The van der Waals surface area contributed by atoms with Gasteiger partial charge in [-0.25, -0.2) is 4.98 Å². The molecule has 4 heteroatoms. The van der Waals surface area contributed by atoms with Crippen LogP contribution >= 0.6 is 0 Å². The van der Waals surface area contributed by atoms with Gasteiger partial charge in [0, 0.05) is 25.2 Å². The first-order valence-corrected chi connectivity index (χ1v) is 8.54. The summed E-state index contributed by atoms with van der Waals surface area (Å²) in [5, 5.41) is 0. The fourth-order valence-corrected chi connectivity index (χ4v) is 2.56. The Labute approximate surface area is 144 Å². The number of hydrogen-bond donors (Lipinski definition) is 0. The van der Waals surface area contributed by atoms with Crippen LogP contribution in [0.1, 0.15) is 55.8 Å². The summed E-state index contributed by atoms with van der Waals surface area (Å²) in [6.45, 7) is 4.30. The zero-order valence-corrected chi connectivity index (χ0v) is 15.0. The van der Waals surface area contributed by atoms with E-state index in [4.69, 9.17) is 4.42 Å². The average Bonchev–Trinajstić information content (AvgIpc) is 3.07. The number of oxazole rings is 1. The Morgan fingerprint density at radius 2 is 1.96 bits per heavy atom. The van der Waals surface area contributed by atoms with E-state index in [0.717, 1.165) is 36.8 Å². The van der Waals surface area contributed by atoms with Gasteiger partial charge in [0.15, 0.2) is 5.76 Å². The largest absolute Gasteiger partial charge is 0.436 e. The molecule has 1 aromatic carbocycles. The minimum atomic E-state index is -0.0427. The summed E-state index contributed by atoms with van der Waals surface area (Å²) in [5.41, 5.74) is 2.54. The summed E-state index contributed by atoms with van der Waals surface area (Å²) in [4.78, 5) is 18.4. The zero-order chi connectivity index (χ0) is 17.5. The van der Waals surface area contributed by atoms with E-state index in [-0.39, 0.29) is 5.91 Å². The van der Waals surface area contributed by atoms with E-state index < -0.39 is 0 Å². The molecule has 0 aliphatic heterocycles. The first-order chi connectivity index (χ1) is 11.6. The minimum Gasteiger partial charge on any atom is -0.436 e. The van der Waals surface area contributed by atoms with Crippen molar-refractivity contribution in [2.45, 2.75) is 39.5 Å². The predicted molar refractivity (Wildman–Crippen MR) is 97.7 cm³/mol. The molecule has 128 valence electrons. The van der Waals surface area contributed by atoms with Crippen LogP contribution in [0.25, 0.3) is 16.9 Å². The highest BCUT2D eigenvalue weighted by molar-refractivity contribution is 6.00. The third-order valence-electron chi connectivity index (χ3n) is 3.81. The smallest absolute Gasteiger partial charge is 0.254 e. The number of aromatic nitrogens is 1. The number of carbonyl (C=O) groups is 1. The van der Waals surface area contributed by atoms with Gasteiger partial charge >= 0.3 is 0 Å². The quantitative estimate of drug-likeness (QED) is 0.717. The summed E-state index contributed by atoms with van der Waals surface area (Å²) in [7, 11) is 3.50. The van der Waals surface area contributed by atoms with Gasteiger partial charge in [0.25, 0.3) is 5.91 Å². The second-order valence-electron chi connectivity index (χ2n) is 6.04. The highest BCUT2D eigenvalue weighted by Crippen LogP contribution is 2.29. The van der Waals surface area contributed by atoms with Crippen molar-refractivity contribution in [1.82, 2.24) is 9.88 Å². The van der Waals surface area contributed by atoms with Crippen molar-refractivity contribution in [1.29, 1.82) is 0 Å². The van der Waals surface area contributed by atoms with Gasteiger partial charge in [0.2, 0.25) is 5.89 Å². The molecular formula is C20H26N2O2. The van der Waals surface area contributed by atoms with Crippen molar-refractivity contribution in [3.8, 4) is 11.3 Å². The van der Waals surface area contributed by atoms with E-state index in [1.54, 1.807) is 25.2 Å². The summed E-state index contributed by atoms with van der Waals surface area (Å²) in [5.74, 6) is 1.25. The van der Waals surface area contributed by atoms with Gasteiger partial charge in [-0.1, -0.05) is 51.0 Å². The molecule has 2 aromatic rings. The highest BCUT2D eigenvalue weighted by atomic mass is 16.4. The van der Waals surface area contributed by atoms with Gasteiger partial charge in [-0.15, -0.1) is 0 Å². The number of carbonyl (C=O) groups excluding carboxylic acids is 1. The maximum absolute atomic E-state index is 12.4. The highest BCUT2D eigenvalue weighted by Gasteiger charge is 2.17. The Morgan fingerprint density at radius 1 is 1.21 bits per heavy atom. The molecule has 0 aliphatic carbocycles. The van der Waals surface area contributed by atoms with Crippen molar-refractivity contribution >= 4 is 11.5 Å². The van der Waals surface area contributed by atoms with Crippen LogP contribution < -0.4 is 0 Å². The molecule has 0 fully saturated rings. The number of hydrogen-bond acceptors (Lipinski definition) is 3. The van der Waals surface area contributed by atoms with Crippen LogP contribution in [0, 0.1) is 0 Å². The number of allylic oxidation sites excluding steroid dienone is 2. The lowest BCUT2D eigenvalue weighted by molar-refractivity contribution is 0.0828. The Morgan fingerprint density at radius 3 is 2.62 bits per heavy atom. The molecule has 0 radical (unpaired) electrons. The van der Waals surface area contributed by atoms with Gasteiger partial charge in [-0.3, -0.25) is 4.79 Å². The van der Waals surface area contributed by atoms with E-state index >= 15 is 0 Å². The summed E-state index contributed by atoms with van der Waals surface area (Å²) in [6.07, 6.45) is 8.02. The topological polar surface area (TPSA) is 46.3 Å². The molecule has 1 aromatic heterocycles. The molecule has 0 unspecified atom stereocenters. The van der Waals surface area contributed by atoms with E-state index in [9.17, 15) is 4.79 Å². The molecule has 0 saturated heterocycles. The molecule has 0 spiro atoms. The van der Waals surface area contributed by atoms with Crippen molar-refractivity contribution in [2.75, 3.05) is 14.1 Å². The fraction of sp³-hybridized carbons (Fsp3) is 0.400. The molecule has 0 aliphatic rings. The first-order valence-electron chi connectivity index (χ1n) is 8.54. The Kier molecular flexibility index (Phi) is 6.36. The first kappa shape index (κ1) is 18.0. The van der Waals surface area contributed by atoms with Crippen LogP contribution in [0.2, 0.25) is 0 Å². The Hall–Kier alpha value is -2.36. The Balaban J connectivity index is 2.39. The fourth-order valence-electron chi connectivity index (χ4n) is 2.56. The van der Waals surface area contributed by atoms with Crippen LogP contribution in [0.4, 0.5) is 0 Å². The maximum Gasteiger partial charge on any atom is 0.254 e. The third kappa shape index (κ3) is 4.13. The number of nitrogens with zero attached hydrogens (tertiary/aromatic N) is 2. The maximum atomic E-state index is 12.4. The van der Waals surface area contributed by atoms with Gasteiger partial charge in [0.1, 0.15) is 0 Å². The summed E-state index contributed by atoms with van der Waals surface area (Å²) in [6, 6.07) is 7.49. The Bertz CT molecular complexity index is 714. The molecule has 0 N–H and O–H groups in total. The van der Waals surface area contributed by atoms with E-state index in [2.05, 4.69) is 24.9 Å². The van der Waals surface area contributed by atoms with Crippen LogP contribution in [0.15, 0.2) is 41.0 Å². The normalized spacial score (nSPS) is 11.6. The number of rotatable bonds is 7. The van der Waals surface area contributed by atoms with Crippen LogP contribution in [0.5, 0.6) is 0 Å². The molecule has 4 nitrogen and oxygen atoms in total. The van der Waals surface area contributed by atoms with E-state index in [0.29, 0.717) is 17.2 Å². The third-order valence-corrected chi connectivity index (χ3v) is 3.81. The van der Waals surface area contributed by atoms with Gasteiger partial charge in [0.05, 0.1) is 11.8 Å². The predicted octanol–water partition coefficient (Wildman–Crippen LogP) is 5.03. The molecule has 1 heterocycles. The lowest BCUT2D eigenvalue weighted by atomic mass is 10.0. The molecule has 1 amide bonds. The second-order valence-corrected chi connectivity index (χ2v) is 6.04. The number of benzene rings is 1. The van der Waals surface area contributed by atoms with Gasteiger partial charge in [-0.2, -0.15) is 0 Å². The monoisotopic (exact) mass is 326 g/mol. The average molecular weight is 326 g/mol. The standard InChI is InChI=1S/C20H26N2O2/c1-5-7-11-15(10-6-2)19-21-14-18(24-19)16-12-8-9-13-17(16)20(23)22(3)4/h8-9,11-14H,5-7,10H2,1-4H3/b15-11+. The van der Waals surface area contributed by atoms with Gasteiger partial charge in [-0.05, 0) is 18.9 Å². The lowest BCUT2D eigenvalue weighted by Gasteiger charge is -2.12. The number of amides is 1. The van der Waals surface area contributed by atoms with Crippen LogP contribution in [-0.2, 0) is 0 Å². The van der Waals surface area contributed by atoms with Crippen molar-refractivity contribution in [2.24, 2.45) is 0 Å². The molecule has 0 bridgehead atoms. The zero-order valence-electron chi connectivity index (χ0n) is 15.0. The van der Waals surface area contributed by atoms with Crippen molar-refractivity contribution in [3.05, 3.63) is 48.0 Å². The minimum absolute atomic E-state index is 0.0427. The molecule has 0 atom stereocenters. The van der Waals surface area contributed by atoms with Crippen LogP contribution in [-0.4, -0.2) is 29.9 Å².